The zero-order valence-electron chi connectivity index (χ0n) is 12.6. The van der Waals surface area contributed by atoms with Gasteiger partial charge in [0.1, 0.15) is 0 Å². The highest BCUT2D eigenvalue weighted by atomic mass is 14.9. The molecule has 0 bridgehead atoms. The Labute approximate surface area is 123 Å². The predicted octanol–water partition coefficient (Wildman–Crippen LogP) is 3.94. The Morgan fingerprint density at radius 1 is 1.05 bits per heavy atom. The third-order valence-corrected chi connectivity index (χ3v) is 5.46. The Bertz CT molecular complexity index is 435. The van der Waals surface area contributed by atoms with Crippen LogP contribution in [0.4, 0.5) is 0 Å². The highest BCUT2D eigenvalue weighted by molar-refractivity contribution is 5.37. The number of nitrogens with one attached hydrogen (secondary N) is 1. The topological polar surface area (TPSA) is 38.0 Å². The van der Waals surface area contributed by atoms with E-state index in [4.69, 9.17) is 5.73 Å². The molecule has 0 amide bonds. The molecule has 2 aliphatic carbocycles. The summed E-state index contributed by atoms with van der Waals surface area (Å²) in [5, 5.41) is 3.79. The largest absolute Gasteiger partial charge is 0.324 e. The molecule has 0 radical (unpaired) electrons. The van der Waals surface area contributed by atoms with Gasteiger partial charge in [0.15, 0.2) is 0 Å². The quantitative estimate of drug-likeness (QED) is 0.871. The van der Waals surface area contributed by atoms with Gasteiger partial charge in [-0.2, -0.15) is 0 Å². The lowest BCUT2D eigenvalue weighted by molar-refractivity contribution is 0.256. The lowest BCUT2D eigenvalue weighted by atomic mass is 9.81. The number of hydrogen-bond acceptors (Lipinski definition) is 2. The van der Waals surface area contributed by atoms with Crippen molar-refractivity contribution in [2.75, 3.05) is 6.54 Å². The van der Waals surface area contributed by atoms with E-state index in [1.807, 2.05) is 0 Å². The third kappa shape index (κ3) is 2.91. The molecule has 2 unspecified atom stereocenters. The van der Waals surface area contributed by atoms with E-state index in [0.717, 1.165) is 18.3 Å². The third-order valence-electron chi connectivity index (χ3n) is 5.46. The molecule has 110 valence electrons. The summed E-state index contributed by atoms with van der Waals surface area (Å²) in [5.41, 5.74) is 9.02. The van der Waals surface area contributed by atoms with Crippen LogP contribution in [0.1, 0.15) is 68.7 Å². The van der Waals surface area contributed by atoms with Crippen LogP contribution in [0.2, 0.25) is 0 Å². The second kappa shape index (κ2) is 6.28. The molecule has 1 aromatic rings. The van der Waals surface area contributed by atoms with E-state index in [0.29, 0.717) is 6.04 Å². The number of fused-ring (bicyclic) bond motifs is 1. The molecule has 3 rings (SSSR count). The smallest absolute Gasteiger partial charge is 0.0341 e. The first-order valence-electron chi connectivity index (χ1n) is 8.35. The van der Waals surface area contributed by atoms with Gasteiger partial charge in [-0.15, -0.1) is 0 Å². The Balaban J connectivity index is 1.53. The fourth-order valence-corrected chi connectivity index (χ4v) is 4.02. The molecule has 2 nitrogen and oxygen atoms in total. The maximum atomic E-state index is 6.24. The van der Waals surface area contributed by atoms with Crippen LogP contribution < -0.4 is 11.1 Å². The van der Waals surface area contributed by atoms with E-state index in [2.05, 4.69) is 36.5 Å². The standard InChI is InChI=1S/C18H28N2/c1-2-13-7-9-14(10-8-13)12-20-18-11-17(19)15-5-3-4-6-16(15)18/h3-6,13-14,17-18,20H,2,7-12,19H2,1H3. The van der Waals surface area contributed by atoms with E-state index in [9.17, 15) is 0 Å². The maximum Gasteiger partial charge on any atom is 0.0341 e. The van der Waals surface area contributed by atoms with Gasteiger partial charge < -0.3 is 11.1 Å². The minimum absolute atomic E-state index is 0.222. The number of hydrogen-bond donors (Lipinski definition) is 2. The van der Waals surface area contributed by atoms with Crippen molar-refractivity contribution in [1.29, 1.82) is 0 Å². The van der Waals surface area contributed by atoms with Gasteiger partial charge in [-0.25, -0.2) is 0 Å². The van der Waals surface area contributed by atoms with E-state index < -0.39 is 0 Å². The van der Waals surface area contributed by atoms with Gasteiger partial charge in [-0.3, -0.25) is 0 Å². The minimum atomic E-state index is 0.222. The SMILES string of the molecule is CCC1CCC(CNC2CC(N)c3ccccc32)CC1. The highest BCUT2D eigenvalue weighted by Gasteiger charge is 2.28. The van der Waals surface area contributed by atoms with Crippen LogP contribution in [0.15, 0.2) is 24.3 Å². The van der Waals surface area contributed by atoms with Crippen LogP contribution in [0, 0.1) is 11.8 Å². The van der Waals surface area contributed by atoms with Crippen molar-refractivity contribution in [3.63, 3.8) is 0 Å². The van der Waals surface area contributed by atoms with Crippen molar-refractivity contribution in [3.05, 3.63) is 35.4 Å². The van der Waals surface area contributed by atoms with Gasteiger partial charge in [0.05, 0.1) is 0 Å². The molecule has 1 aromatic carbocycles. The molecule has 2 atom stereocenters. The van der Waals surface area contributed by atoms with Gasteiger partial charge >= 0.3 is 0 Å². The Hall–Kier alpha value is -0.860. The van der Waals surface area contributed by atoms with Gasteiger partial charge in [-0.1, -0.05) is 50.5 Å². The van der Waals surface area contributed by atoms with Crippen LogP contribution in [0.3, 0.4) is 0 Å². The molecule has 0 saturated heterocycles. The van der Waals surface area contributed by atoms with E-state index in [-0.39, 0.29) is 6.04 Å². The monoisotopic (exact) mass is 272 g/mol. The normalized spacial score (nSPS) is 33.1. The summed E-state index contributed by atoms with van der Waals surface area (Å²) >= 11 is 0. The number of rotatable bonds is 4. The second-order valence-corrected chi connectivity index (χ2v) is 6.73. The summed E-state index contributed by atoms with van der Waals surface area (Å²) in [7, 11) is 0. The number of benzene rings is 1. The maximum absolute atomic E-state index is 6.24. The minimum Gasteiger partial charge on any atom is -0.324 e. The van der Waals surface area contributed by atoms with Crippen molar-refractivity contribution in [1.82, 2.24) is 5.32 Å². The van der Waals surface area contributed by atoms with Gasteiger partial charge in [-0.05, 0) is 48.8 Å². The Morgan fingerprint density at radius 3 is 2.40 bits per heavy atom. The molecular weight excluding hydrogens is 244 g/mol. The van der Waals surface area contributed by atoms with Crippen molar-refractivity contribution < 1.29 is 0 Å². The predicted molar refractivity (Wildman–Crippen MR) is 84.5 cm³/mol. The van der Waals surface area contributed by atoms with Gasteiger partial charge in [0.25, 0.3) is 0 Å². The number of nitrogens with two attached hydrogens (primary N) is 1. The average molecular weight is 272 g/mol. The van der Waals surface area contributed by atoms with Crippen LogP contribution in [0.25, 0.3) is 0 Å². The Morgan fingerprint density at radius 2 is 1.70 bits per heavy atom. The van der Waals surface area contributed by atoms with E-state index in [1.165, 1.54) is 49.8 Å². The van der Waals surface area contributed by atoms with Crippen LogP contribution in [-0.4, -0.2) is 6.54 Å². The molecule has 2 aliphatic rings. The lowest BCUT2D eigenvalue weighted by Crippen LogP contribution is -2.29. The summed E-state index contributed by atoms with van der Waals surface area (Å²) in [5.74, 6) is 1.87. The summed E-state index contributed by atoms with van der Waals surface area (Å²) < 4.78 is 0. The second-order valence-electron chi connectivity index (χ2n) is 6.73. The van der Waals surface area contributed by atoms with Crippen molar-refractivity contribution in [2.45, 2.75) is 57.5 Å². The van der Waals surface area contributed by atoms with Crippen molar-refractivity contribution in [3.8, 4) is 0 Å². The van der Waals surface area contributed by atoms with E-state index >= 15 is 0 Å². The molecule has 20 heavy (non-hydrogen) atoms. The van der Waals surface area contributed by atoms with Gasteiger partial charge in [0, 0.05) is 12.1 Å². The molecule has 1 saturated carbocycles. The Kier molecular flexibility index (Phi) is 4.42. The molecule has 0 spiro atoms. The fraction of sp³-hybridized carbons (Fsp3) is 0.667. The molecule has 2 heteroatoms. The summed E-state index contributed by atoms with van der Waals surface area (Å²) in [6.07, 6.45) is 8.11. The first-order chi connectivity index (χ1) is 9.78. The van der Waals surface area contributed by atoms with Crippen LogP contribution in [-0.2, 0) is 0 Å². The fourth-order valence-electron chi connectivity index (χ4n) is 4.02. The first-order valence-corrected chi connectivity index (χ1v) is 8.35. The molecule has 0 heterocycles. The highest BCUT2D eigenvalue weighted by Crippen LogP contribution is 2.37. The summed E-state index contributed by atoms with van der Waals surface area (Å²) in [6.45, 7) is 3.50. The van der Waals surface area contributed by atoms with Crippen molar-refractivity contribution in [2.24, 2.45) is 17.6 Å². The first kappa shape index (κ1) is 14.1. The zero-order chi connectivity index (χ0) is 13.9. The van der Waals surface area contributed by atoms with Crippen LogP contribution in [0.5, 0.6) is 0 Å². The van der Waals surface area contributed by atoms with Crippen LogP contribution >= 0.6 is 0 Å². The van der Waals surface area contributed by atoms with Crippen molar-refractivity contribution >= 4 is 0 Å². The molecule has 3 N–H and O–H groups in total. The zero-order valence-corrected chi connectivity index (χ0v) is 12.6. The lowest BCUT2D eigenvalue weighted by Gasteiger charge is -2.29. The molecular formula is C18H28N2. The molecule has 0 aromatic heterocycles. The van der Waals surface area contributed by atoms with Gasteiger partial charge in [0.2, 0.25) is 0 Å². The summed E-state index contributed by atoms with van der Waals surface area (Å²) in [4.78, 5) is 0. The average Bonchev–Trinajstić information content (AvgIpc) is 2.83. The molecule has 1 fully saturated rings. The molecule has 0 aliphatic heterocycles. The van der Waals surface area contributed by atoms with E-state index in [1.54, 1.807) is 0 Å². The summed E-state index contributed by atoms with van der Waals surface area (Å²) in [6, 6.07) is 9.37.